The lowest BCUT2D eigenvalue weighted by molar-refractivity contribution is 0.141. The number of nitrogens with zero attached hydrogens (tertiary/aromatic N) is 2. The molecule has 0 saturated carbocycles. The van der Waals surface area contributed by atoms with Crippen LogP contribution in [-0.4, -0.2) is 49.6 Å². The van der Waals surface area contributed by atoms with Crippen molar-refractivity contribution in [3.8, 4) is 0 Å². The molecule has 0 aromatic carbocycles. The predicted molar refractivity (Wildman–Crippen MR) is 62.6 cm³/mol. The van der Waals surface area contributed by atoms with Crippen LogP contribution in [0.1, 0.15) is 33.1 Å². The second kappa shape index (κ2) is 5.72. The fourth-order valence-electron chi connectivity index (χ4n) is 2.20. The fourth-order valence-corrected chi connectivity index (χ4v) is 2.20. The van der Waals surface area contributed by atoms with E-state index in [1.165, 1.54) is 38.9 Å². The molecule has 1 fully saturated rings. The van der Waals surface area contributed by atoms with Crippen molar-refractivity contribution in [2.75, 3.05) is 33.7 Å². The fraction of sp³-hybridized carbons (Fsp3) is 1.00. The second-order valence-corrected chi connectivity index (χ2v) is 5.17. The third-order valence-corrected chi connectivity index (χ3v) is 3.36. The van der Waals surface area contributed by atoms with Gasteiger partial charge in [-0.05, 0) is 72.8 Å². The standard InChI is InChI=1S/C12H26N2/c1-11(2)14-9-6-12(7-10-14)5-8-13(3)4/h11-12H,5-10H2,1-4H3. The Labute approximate surface area is 89.3 Å². The van der Waals surface area contributed by atoms with Crippen molar-refractivity contribution < 1.29 is 0 Å². The number of likely N-dealkylation sites (tertiary alicyclic amines) is 1. The van der Waals surface area contributed by atoms with Crippen molar-refractivity contribution in [3.63, 3.8) is 0 Å². The van der Waals surface area contributed by atoms with Crippen molar-refractivity contribution in [2.45, 2.75) is 39.2 Å². The van der Waals surface area contributed by atoms with Crippen LogP contribution >= 0.6 is 0 Å². The number of hydrogen-bond acceptors (Lipinski definition) is 2. The van der Waals surface area contributed by atoms with Gasteiger partial charge >= 0.3 is 0 Å². The lowest BCUT2D eigenvalue weighted by Gasteiger charge is -2.34. The SMILES string of the molecule is CC(C)N1CCC(CCN(C)C)CC1. The van der Waals surface area contributed by atoms with Gasteiger partial charge in [0, 0.05) is 6.04 Å². The van der Waals surface area contributed by atoms with Crippen molar-refractivity contribution in [1.29, 1.82) is 0 Å². The maximum atomic E-state index is 2.60. The van der Waals surface area contributed by atoms with Gasteiger partial charge in [-0.2, -0.15) is 0 Å². The summed E-state index contributed by atoms with van der Waals surface area (Å²) in [6.07, 6.45) is 4.21. The van der Waals surface area contributed by atoms with E-state index < -0.39 is 0 Å². The molecule has 14 heavy (non-hydrogen) atoms. The van der Waals surface area contributed by atoms with Gasteiger partial charge < -0.3 is 9.80 Å². The molecule has 1 aliphatic heterocycles. The molecule has 0 N–H and O–H groups in total. The van der Waals surface area contributed by atoms with Gasteiger partial charge in [0.05, 0.1) is 0 Å². The summed E-state index contributed by atoms with van der Waals surface area (Å²) in [6, 6.07) is 0.741. The summed E-state index contributed by atoms with van der Waals surface area (Å²) in [4.78, 5) is 4.90. The number of hydrogen-bond donors (Lipinski definition) is 0. The first kappa shape index (κ1) is 12.0. The van der Waals surface area contributed by atoms with Crippen molar-refractivity contribution in [2.24, 2.45) is 5.92 Å². The van der Waals surface area contributed by atoms with E-state index in [1.807, 2.05) is 0 Å². The third kappa shape index (κ3) is 3.97. The molecule has 0 spiro atoms. The van der Waals surface area contributed by atoms with Crippen LogP contribution in [0.5, 0.6) is 0 Å². The zero-order valence-electron chi connectivity index (χ0n) is 10.3. The van der Waals surface area contributed by atoms with Gasteiger partial charge in [-0.15, -0.1) is 0 Å². The molecule has 1 saturated heterocycles. The van der Waals surface area contributed by atoms with Crippen molar-refractivity contribution >= 4 is 0 Å². The normalized spacial score (nSPS) is 21.0. The van der Waals surface area contributed by atoms with Gasteiger partial charge in [0.25, 0.3) is 0 Å². The van der Waals surface area contributed by atoms with Crippen molar-refractivity contribution in [1.82, 2.24) is 9.80 Å². The number of rotatable bonds is 4. The van der Waals surface area contributed by atoms with E-state index in [0.717, 1.165) is 12.0 Å². The Bertz CT molecular complexity index is 146. The second-order valence-electron chi connectivity index (χ2n) is 5.17. The Morgan fingerprint density at radius 3 is 2.21 bits per heavy atom. The van der Waals surface area contributed by atoms with Crippen LogP contribution in [0.3, 0.4) is 0 Å². The van der Waals surface area contributed by atoms with Crippen LogP contribution < -0.4 is 0 Å². The maximum absolute atomic E-state index is 2.60. The lowest BCUT2D eigenvalue weighted by atomic mass is 9.93. The molecule has 0 unspecified atom stereocenters. The molecule has 2 nitrogen and oxygen atoms in total. The van der Waals surface area contributed by atoms with E-state index in [0.29, 0.717) is 0 Å². The molecule has 1 aliphatic rings. The average Bonchev–Trinajstić information content (AvgIpc) is 2.15. The predicted octanol–water partition coefficient (Wildman–Crippen LogP) is 2.06. The van der Waals surface area contributed by atoms with E-state index >= 15 is 0 Å². The Hall–Kier alpha value is -0.0800. The van der Waals surface area contributed by atoms with E-state index in [-0.39, 0.29) is 0 Å². The van der Waals surface area contributed by atoms with E-state index in [4.69, 9.17) is 0 Å². The molecule has 1 heterocycles. The highest BCUT2D eigenvalue weighted by Gasteiger charge is 2.20. The first-order valence-corrected chi connectivity index (χ1v) is 5.98. The Balaban J connectivity index is 2.16. The minimum absolute atomic E-state index is 0.741. The summed E-state index contributed by atoms with van der Waals surface area (Å²) in [7, 11) is 4.34. The summed E-state index contributed by atoms with van der Waals surface area (Å²) in [5.74, 6) is 0.979. The molecule has 0 atom stereocenters. The highest BCUT2D eigenvalue weighted by atomic mass is 15.1. The van der Waals surface area contributed by atoms with Gasteiger partial charge in [-0.3, -0.25) is 0 Å². The molecule has 0 aliphatic carbocycles. The topological polar surface area (TPSA) is 6.48 Å². The van der Waals surface area contributed by atoms with Gasteiger partial charge in [0.1, 0.15) is 0 Å². The first-order chi connectivity index (χ1) is 6.59. The maximum Gasteiger partial charge on any atom is 0.00385 e. The van der Waals surface area contributed by atoms with Crippen LogP contribution in [-0.2, 0) is 0 Å². The van der Waals surface area contributed by atoms with Crippen LogP contribution in [0.25, 0.3) is 0 Å². The first-order valence-electron chi connectivity index (χ1n) is 5.98. The molecule has 0 aromatic heterocycles. The van der Waals surface area contributed by atoms with Crippen LogP contribution in [0, 0.1) is 5.92 Å². The van der Waals surface area contributed by atoms with Gasteiger partial charge in [0.2, 0.25) is 0 Å². The summed E-state index contributed by atoms with van der Waals surface area (Å²) >= 11 is 0. The van der Waals surface area contributed by atoms with Gasteiger partial charge in [-0.1, -0.05) is 0 Å². The zero-order valence-corrected chi connectivity index (χ0v) is 10.3. The minimum Gasteiger partial charge on any atom is -0.309 e. The van der Waals surface area contributed by atoms with E-state index in [9.17, 15) is 0 Å². The lowest BCUT2D eigenvalue weighted by Crippen LogP contribution is -2.38. The molecule has 0 radical (unpaired) electrons. The van der Waals surface area contributed by atoms with Gasteiger partial charge in [-0.25, -0.2) is 0 Å². The molecular weight excluding hydrogens is 172 g/mol. The molecule has 84 valence electrons. The summed E-state index contributed by atoms with van der Waals surface area (Å²) in [6.45, 7) is 8.50. The quantitative estimate of drug-likeness (QED) is 0.682. The van der Waals surface area contributed by atoms with Crippen molar-refractivity contribution in [3.05, 3.63) is 0 Å². The molecule has 2 heteroatoms. The van der Waals surface area contributed by atoms with Gasteiger partial charge in [0.15, 0.2) is 0 Å². The minimum atomic E-state index is 0.741. The zero-order chi connectivity index (χ0) is 10.6. The smallest absolute Gasteiger partial charge is 0.00385 e. The molecule has 0 bridgehead atoms. The van der Waals surface area contributed by atoms with Crippen LogP contribution in [0.2, 0.25) is 0 Å². The van der Waals surface area contributed by atoms with E-state index in [1.54, 1.807) is 0 Å². The molecule has 0 amide bonds. The van der Waals surface area contributed by atoms with Crippen LogP contribution in [0.15, 0.2) is 0 Å². The third-order valence-electron chi connectivity index (χ3n) is 3.36. The average molecular weight is 198 g/mol. The summed E-state index contributed by atoms with van der Waals surface area (Å²) in [5, 5.41) is 0. The highest BCUT2D eigenvalue weighted by Crippen LogP contribution is 2.21. The molecule has 0 aromatic rings. The monoisotopic (exact) mass is 198 g/mol. The summed E-state index contributed by atoms with van der Waals surface area (Å²) < 4.78 is 0. The highest BCUT2D eigenvalue weighted by molar-refractivity contribution is 4.74. The summed E-state index contributed by atoms with van der Waals surface area (Å²) in [5.41, 5.74) is 0. The number of piperidine rings is 1. The Morgan fingerprint density at radius 2 is 1.79 bits per heavy atom. The Kier molecular flexibility index (Phi) is 4.90. The van der Waals surface area contributed by atoms with E-state index in [2.05, 4.69) is 37.7 Å². The largest absolute Gasteiger partial charge is 0.309 e. The van der Waals surface area contributed by atoms with Crippen LogP contribution in [0.4, 0.5) is 0 Å². The molecular formula is C12H26N2. The molecule has 1 rings (SSSR count). The Morgan fingerprint density at radius 1 is 1.21 bits per heavy atom.